The van der Waals surface area contributed by atoms with Crippen molar-refractivity contribution in [3.05, 3.63) is 71.4 Å². The van der Waals surface area contributed by atoms with Gasteiger partial charge in [0, 0.05) is 37.2 Å². The number of carbonyl (C=O) groups excluding carboxylic acids is 1. The van der Waals surface area contributed by atoms with Crippen LogP contribution in [0.25, 0.3) is 11.4 Å². The average molecular weight is 488 g/mol. The largest absolute Gasteiger partial charge is 0.417 e. The van der Waals surface area contributed by atoms with E-state index in [2.05, 4.69) is 20.3 Å². The first kappa shape index (κ1) is 24.6. The lowest BCUT2D eigenvalue weighted by Gasteiger charge is -2.40. The second-order valence-electron chi connectivity index (χ2n) is 8.66. The molecular formula is C25H25F4N5O. The van der Waals surface area contributed by atoms with E-state index in [1.165, 1.54) is 18.2 Å². The monoisotopic (exact) mass is 487 g/mol. The van der Waals surface area contributed by atoms with Gasteiger partial charge < -0.3 is 10.2 Å². The number of anilines is 1. The molecule has 1 aliphatic heterocycles. The molecule has 1 fully saturated rings. The first-order valence-electron chi connectivity index (χ1n) is 11.3. The van der Waals surface area contributed by atoms with Crippen LogP contribution in [0.2, 0.25) is 0 Å². The number of hydrogen-bond donors (Lipinski definition) is 1. The molecule has 1 N–H and O–H groups in total. The molecule has 0 radical (unpaired) electrons. The van der Waals surface area contributed by atoms with Crippen LogP contribution < -0.4 is 5.32 Å². The fourth-order valence-electron chi connectivity index (χ4n) is 4.42. The quantitative estimate of drug-likeness (QED) is 0.491. The predicted octanol–water partition coefficient (Wildman–Crippen LogP) is 5.36. The molecule has 4 rings (SSSR count). The summed E-state index contributed by atoms with van der Waals surface area (Å²) in [6, 6.07) is 6.43. The van der Waals surface area contributed by atoms with E-state index in [1.807, 2.05) is 6.92 Å². The van der Waals surface area contributed by atoms with Crippen molar-refractivity contribution < 1.29 is 22.4 Å². The Morgan fingerprint density at radius 3 is 2.54 bits per heavy atom. The Kier molecular flexibility index (Phi) is 7.00. The minimum atomic E-state index is -4.46. The summed E-state index contributed by atoms with van der Waals surface area (Å²) in [6.45, 7) is 4.34. The lowest BCUT2D eigenvalue weighted by molar-refractivity contribution is -0.137. The lowest BCUT2D eigenvalue weighted by atomic mass is 9.89. The van der Waals surface area contributed by atoms with E-state index in [0.29, 0.717) is 17.9 Å². The number of benzene rings is 1. The van der Waals surface area contributed by atoms with Crippen molar-refractivity contribution in [1.82, 2.24) is 19.9 Å². The van der Waals surface area contributed by atoms with Gasteiger partial charge in [0.2, 0.25) is 0 Å². The molecule has 1 saturated heterocycles. The molecule has 3 heterocycles. The Morgan fingerprint density at radius 1 is 1.14 bits per heavy atom. The standard InChI is InChI=1S/C25H25F4N5O/c1-15-5-3-12-34(20(15)14-33-21-9-6-17(13-32-21)25(27,28)29)24(35)22-16(2)19(26)8-7-18(22)23-30-10-4-11-31-23/h4,6-11,13,15,20H,3,5,12,14H2,1-2H3,(H,32,33). The Labute approximate surface area is 200 Å². The fraction of sp³-hybridized carbons (Fsp3) is 0.360. The number of nitrogens with zero attached hydrogens (tertiary/aromatic N) is 4. The van der Waals surface area contributed by atoms with Crippen molar-refractivity contribution >= 4 is 11.7 Å². The molecule has 184 valence electrons. The fourth-order valence-corrected chi connectivity index (χ4v) is 4.42. The zero-order chi connectivity index (χ0) is 25.2. The van der Waals surface area contributed by atoms with Gasteiger partial charge in [0.05, 0.1) is 17.2 Å². The molecule has 6 nitrogen and oxygen atoms in total. The molecule has 2 unspecified atom stereocenters. The number of rotatable bonds is 5. The lowest BCUT2D eigenvalue weighted by Crippen LogP contribution is -2.51. The van der Waals surface area contributed by atoms with Crippen LogP contribution >= 0.6 is 0 Å². The van der Waals surface area contributed by atoms with Crippen molar-refractivity contribution in [3.8, 4) is 11.4 Å². The normalized spacial score (nSPS) is 18.4. The molecule has 35 heavy (non-hydrogen) atoms. The first-order valence-corrected chi connectivity index (χ1v) is 11.3. The molecule has 0 saturated carbocycles. The maximum absolute atomic E-state index is 14.5. The van der Waals surface area contributed by atoms with Gasteiger partial charge >= 0.3 is 6.18 Å². The summed E-state index contributed by atoms with van der Waals surface area (Å²) >= 11 is 0. The third-order valence-electron chi connectivity index (χ3n) is 6.38. The van der Waals surface area contributed by atoms with Gasteiger partial charge in [0.25, 0.3) is 5.91 Å². The van der Waals surface area contributed by atoms with Gasteiger partial charge in [-0.05, 0) is 61.6 Å². The second kappa shape index (κ2) is 9.97. The van der Waals surface area contributed by atoms with Gasteiger partial charge in [0.15, 0.2) is 5.82 Å². The van der Waals surface area contributed by atoms with Gasteiger partial charge in [-0.2, -0.15) is 13.2 Å². The minimum absolute atomic E-state index is 0.111. The number of amides is 1. The molecule has 0 spiro atoms. The van der Waals surface area contributed by atoms with Gasteiger partial charge in [-0.3, -0.25) is 4.79 Å². The van der Waals surface area contributed by atoms with Crippen LogP contribution in [-0.4, -0.2) is 44.9 Å². The van der Waals surface area contributed by atoms with Gasteiger partial charge in [0.1, 0.15) is 11.6 Å². The average Bonchev–Trinajstić information content (AvgIpc) is 2.84. The number of carbonyl (C=O) groups is 1. The zero-order valence-corrected chi connectivity index (χ0v) is 19.3. The number of likely N-dealkylation sites (tertiary alicyclic amines) is 1. The molecule has 1 aromatic carbocycles. The van der Waals surface area contributed by atoms with E-state index in [1.54, 1.807) is 30.3 Å². The van der Waals surface area contributed by atoms with Crippen molar-refractivity contribution in [2.45, 2.75) is 38.9 Å². The third kappa shape index (κ3) is 5.26. The minimum Gasteiger partial charge on any atom is -0.368 e. The Hall–Kier alpha value is -3.56. The SMILES string of the molecule is Cc1c(F)ccc(-c2ncccn2)c1C(=O)N1CCCC(C)C1CNc1ccc(C(F)(F)F)cn1. The van der Waals surface area contributed by atoms with Crippen LogP contribution in [0.5, 0.6) is 0 Å². The molecule has 10 heteroatoms. The van der Waals surface area contributed by atoms with Crippen LogP contribution in [0.15, 0.2) is 48.9 Å². The molecule has 2 atom stereocenters. The molecule has 1 amide bonds. The Bertz CT molecular complexity index is 1180. The summed E-state index contributed by atoms with van der Waals surface area (Å²) in [5.74, 6) is -0.110. The highest BCUT2D eigenvalue weighted by molar-refractivity contribution is 6.01. The van der Waals surface area contributed by atoms with Crippen LogP contribution in [0, 0.1) is 18.7 Å². The molecule has 2 aromatic heterocycles. The summed E-state index contributed by atoms with van der Waals surface area (Å²) in [5.41, 5.74) is 0.0456. The van der Waals surface area contributed by atoms with Gasteiger partial charge in [-0.15, -0.1) is 0 Å². The van der Waals surface area contributed by atoms with Crippen LogP contribution in [-0.2, 0) is 6.18 Å². The highest BCUT2D eigenvalue weighted by atomic mass is 19.4. The van der Waals surface area contributed by atoms with E-state index in [-0.39, 0.29) is 41.4 Å². The number of nitrogens with one attached hydrogen (secondary N) is 1. The van der Waals surface area contributed by atoms with Crippen molar-refractivity contribution in [2.24, 2.45) is 5.92 Å². The number of alkyl halides is 3. The van der Waals surface area contributed by atoms with E-state index in [0.717, 1.165) is 25.1 Å². The molecular weight excluding hydrogens is 462 g/mol. The van der Waals surface area contributed by atoms with Crippen molar-refractivity contribution in [1.29, 1.82) is 0 Å². The Morgan fingerprint density at radius 2 is 1.89 bits per heavy atom. The summed E-state index contributed by atoms with van der Waals surface area (Å²) in [5, 5.41) is 3.06. The zero-order valence-electron chi connectivity index (χ0n) is 19.3. The third-order valence-corrected chi connectivity index (χ3v) is 6.38. The van der Waals surface area contributed by atoms with E-state index in [4.69, 9.17) is 0 Å². The summed E-state index contributed by atoms with van der Waals surface area (Å²) < 4.78 is 53.0. The second-order valence-corrected chi connectivity index (χ2v) is 8.66. The van der Waals surface area contributed by atoms with Crippen LogP contribution in [0.4, 0.5) is 23.4 Å². The number of pyridine rings is 1. The van der Waals surface area contributed by atoms with Gasteiger partial charge in [-0.1, -0.05) is 6.92 Å². The molecule has 0 aliphatic carbocycles. The van der Waals surface area contributed by atoms with E-state index in [9.17, 15) is 22.4 Å². The van der Waals surface area contributed by atoms with E-state index >= 15 is 0 Å². The molecule has 1 aliphatic rings. The van der Waals surface area contributed by atoms with Crippen LogP contribution in [0.1, 0.15) is 41.3 Å². The maximum atomic E-state index is 14.5. The summed E-state index contributed by atoms with van der Waals surface area (Å²) in [7, 11) is 0. The number of hydrogen-bond acceptors (Lipinski definition) is 5. The predicted molar refractivity (Wildman–Crippen MR) is 123 cm³/mol. The highest BCUT2D eigenvalue weighted by Gasteiger charge is 2.35. The number of piperidine rings is 1. The smallest absolute Gasteiger partial charge is 0.368 e. The van der Waals surface area contributed by atoms with Crippen molar-refractivity contribution in [2.75, 3.05) is 18.4 Å². The first-order chi connectivity index (χ1) is 16.7. The summed E-state index contributed by atoms with van der Waals surface area (Å²) in [6.07, 6.45) is 1.10. The van der Waals surface area contributed by atoms with Crippen molar-refractivity contribution in [3.63, 3.8) is 0 Å². The Balaban J connectivity index is 1.61. The maximum Gasteiger partial charge on any atom is 0.417 e. The number of halogens is 4. The van der Waals surface area contributed by atoms with Crippen LogP contribution in [0.3, 0.4) is 0 Å². The molecule has 0 bridgehead atoms. The summed E-state index contributed by atoms with van der Waals surface area (Å²) in [4.78, 5) is 27.9. The number of aromatic nitrogens is 3. The molecule has 3 aromatic rings. The topological polar surface area (TPSA) is 71.0 Å². The van der Waals surface area contributed by atoms with Gasteiger partial charge in [-0.25, -0.2) is 19.3 Å². The highest BCUT2D eigenvalue weighted by Crippen LogP contribution is 2.32. The van der Waals surface area contributed by atoms with E-state index < -0.39 is 17.6 Å².